The number of carbonyl (C=O) groups is 1. The summed E-state index contributed by atoms with van der Waals surface area (Å²) < 4.78 is 12.2. The number of rotatable bonds is 7. The predicted molar refractivity (Wildman–Crippen MR) is 98.8 cm³/mol. The number of hydrogen-bond acceptors (Lipinski definition) is 3. The molecule has 2 aromatic carbocycles. The third-order valence-electron chi connectivity index (χ3n) is 3.51. The number of halogens is 1. The van der Waals surface area contributed by atoms with Crippen LogP contribution in [0.4, 0.5) is 0 Å². The summed E-state index contributed by atoms with van der Waals surface area (Å²) in [6.45, 7) is 6.91. The van der Waals surface area contributed by atoms with E-state index in [1.165, 1.54) is 0 Å². The van der Waals surface area contributed by atoms with Crippen molar-refractivity contribution in [2.45, 2.75) is 26.8 Å². The molecule has 1 amide bonds. The summed E-state index contributed by atoms with van der Waals surface area (Å²) in [5.41, 5.74) is 1.57. The van der Waals surface area contributed by atoms with E-state index in [0.29, 0.717) is 30.3 Å². The first kappa shape index (κ1) is 18.3. The van der Waals surface area contributed by atoms with E-state index in [9.17, 15) is 4.79 Å². The molecule has 1 N–H and O–H groups in total. The molecule has 128 valence electrons. The lowest BCUT2D eigenvalue weighted by Crippen LogP contribution is -2.26. The summed E-state index contributed by atoms with van der Waals surface area (Å²) >= 11 is 3.56. The maximum atomic E-state index is 12.3. The molecule has 0 aromatic heterocycles. The van der Waals surface area contributed by atoms with Crippen LogP contribution in [-0.2, 0) is 0 Å². The van der Waals surface area contributed by atoms with Crippen molar-refractivity contribution < 1.29 is 14.3 Å². The van der Waals surface area contributed by atoms with Gasteiger partial charge in [0.05, 0.1) is 19.3 Å². The van der Waals surface area contributed by atoms with E-state index >= 15 is 0 Å². The summed E-state index contributed by atoms with van der Waals surface area (Å²) in [5, 5.41) is 3.01. The fourth-order valence-corrected chi connectivity index (χ4v) is 3.03. The van der Waals surface area contributed by atoms with Gasteiger partial charge < -0.3 is 14.8 Å². The second-order valence-electron chi connectivity index (χ2n) is 5.25. The average molecular weight is 392 g/mol. The summed E-state index contributed by atoms with van der Waals surface area (Å²) in [7, 11) is 0. The topological polar surface area (TPSA) is 47.6 Å². The number of hydrogen-bond donors (Lipinski definition) is 1. The molecule has 2 aromatic rings. The molecule has 0 heterocycles. The van der Waals surface area contributed by atoms with Crippen molar-refractivity contribution in [2.75, 3.05) is 13.2 Å². The third-order valence-corrected chi connectivity index (χ3v) is 4.20. The molecule has 1 atom stereocenters. The summed E-state index contributed by atoms with van der Waals surface area (Å²) in [5.74, 6) is 1.26. The Morgan fingerprint density at radius 3 is 2.25 bits per heavy atom. The molecule has 24 heavy (non-hydrogen) atoms. The number of carbonyl (C=O) groups excluding carboxylic acids is 1. The Bertz CT molecular complexity index is 689. The van der Waals surface area contributed by atoms with Crippen molar-refractivity contribution >= 4 is 21.8 Å². The highest BCUT2D eigenvalue weighted by Gasteiger charge is 2.17. The smallest absolute Gasteiger partial charge is 0.251 e. The fraction of sp³-hybridized carbons (Fsp3) is 0.316. The van der Waals surface area contributed by atoms with Gasteiger partial charge in [0.2, 0.25) is 0 Å². The van der Waals surface area contributed by atoms with E-state index in [-0.39, 0.29) is 11.9 Å². The molecule has 5 heteroatoms. The van der Waals surface area contributed by atoms with Gasteiger partial charge in [-0.3, -0.25) is 4.79 Å². The Balaban J connectivity index is 2.23. The Labute approximate surface area is 151 Å². The van der Waals surface area contributed by atoms with Crippen LogP contribution in [0.5, 0.6) is 11.5 Å². The second-order valence-corrected chi connectivity index (χ2v) is 6.10. The van der Waals surface area contributed by atoms with E-state index in [1.807, 2.05) is 51.1 Å². The van der Waals surface area contributed by atoms with Crippen molar-refractivity contribution in [3.05, 3.63) is 58.1 Å². The molecule has 0 aliphatic carbocycles. The Morgan fingerprint density at radius 1 is 1.08 bits per heavy atom. The van der Waals surface area contributed by atoms with Crippen molar-refractivity contribution in [1.29, 1.82) is 0 Å². The zero-order valence-electron chi connectivity index (χ0n) is 14.1. The molecular formula is C19H22BrNO3. The van der Waals surface area contributed by atoms with Gasteiger partial charge in [-0.25, -0.2) is 0 Å². The lowest BCUT2D eigenvalue weighted by molar-refractivity contribution is 0.0939. The van der Waals surface area contributed by atoms with Crippen molar-refractivity contribution in [3.8, 4) is 11.5 Å². The first-order valence-corrected chi connectivity index (χ1v) is 8.81. The summed E-state index contributed by atoms with van der Waals surface area (Å²) in [6, 6.07) is 12.8. The van der Waals surface area contributed by atoms with Crippen LogP contribution in [0.25, 0.3) is 0 Å². The quantitative estimate of drug-likeness (QED) is 0.741. The van der Waals surface area contributed by atoms with Gasteiger partial charge in [-0.1, -0.05) is 34.1 Å². The van der Waals surface area contributed by atoms with Gasteiger partial charge in [0, 0.05) is 10.0 Å². The van der Waals surface area contributed by atoms with Crippen LogP contribution in [0.3, 0.4) is 0 Å². The van der Waals surface area contributed by atoms with Gasteiger partial charge in [-0.05, 0) is 50.6 Å². The maximum Gasteiger partial charge on any atom is 0.251 e. The van der Waals surface area contributed by atoms with Crippen LogP contribution in [0, 0.1) is 0 Å². The van der Waals surface area contributed by atoms with Crippen molar-refractivity contribution in [2.24, 2.45) is 0 Å². The highest BCUT2D eigenvalue weighted by Crippen LogP contribution is 2.36. The van der Waals surface area contributed by atoms with Gasteiger partial charge in [0.1, 0.15) is 0 Å². The van der Waals surface area contributed by atoms with Gasteiger partial charge in [0.25, 0.3) is 5.91 Å². The van der Waals surface area contributed by atoms with Gasteiger partial charge in [-0.15, -0.1) is 0 Å². The van der Waals surface area contributed by atoms with Crippen LogP contribution in [0.2, 0.25) is 0 Å². The number of ether oxygens (including phenoxy) is 2. The molecule has 0 spiro atoms. The third kappa shape index (κ3) is 4.51. The Hall–Kier alpha value is -2.01. The molecule has 4 nitrogen and oxygen atoms in total. The number of benzene rings is 2. The molecule has 0 aliphatic rings. The van der Waals surface area contributed by atoms with Crippen LogP contribution in [0.1, 0.15) is 42.7 Å². The molecule has 0 bridgehead atoms. The fourth-order valence-electron chi connectivity index (χ4n) is 2.37. The minimum Gasteiger partial charge on any atom is -0.490 e. The summed E-state index contributed by atoms with van der Waals surface area (Å²) in [4.78, 5) is 12.3. The van der Waals surface area contributed by atoms with Crippen LogP contribution < -0.4 is 14.8 Å². The predicted octanol–water partition coefficient (Wildman–Crippen LogP) is 4.74. The highest BCUT2D eigenvalue weighted by atomic mass is 79.9. The zero-order valence-corrected chi connectivity index (χ0v) is 15.7. The minimum atomic E-state index is -0.179. The maximum absolute atomic E-state index is 12.3. The highest BCUT2D eigenvalue weighted by molar-refractivity contribution is 9.10. The number of nitrogens with one attached hydrogen (secondary N) is 1. The zero-order chi connectivity index (χ0) is 17.5. The normalized spacial score (nSPS) is 11.7. The molecule has 0 fully saturated rings. The SMILES string of the molecule is CCOc1cc(Br)c([C@H](C)NC(=O)c2ccccc2)cc1OCC. The number of amides is 1. The Kier molecular flexibility index (Phi) is 6.67. The van der Waals surface area contributed by atoms with Crippen LogP contribution in [0.15, 0.2) is 46.9 Å². The molecule has 0 unspecified atom stereocenters. The van der Waals surface area contributed by atoms with Crippen molar-refractivity contribution in [1.82, 2.24) is 5.32 Å². The van der Waals surface area contributed by atoms with Crippen LogP contribution in [-0.4, -0.2) is 19.1 Å². The van der Waals surface area contributed by atoms with E-state index < -0.39 is 0 Å². The first-order chi connectivity index (χ1) is 11.6. The molecular weight excluding hydrogens is 370 g/mol. The first-order valence-electron chi connectivity index (χ1n) is 8.01. The largest absolute Gasteiger partial charge is 0.490 e. The van der Waals surface area contributed by atoms with Gasteiger partial charge in [-0.2, -0.15) is 0 Å². The minimum absolute atomic E-state index is 0.109. The van der Waals surface area contributed by atoms with E-state index in [4.69, 9.17) is 9.47 Å². The standard InChI is InChI=1S/C19H22BrNO3/c1-4-23-17-11-15(16(20)12-18(17)24-5-2)13(3)21-19(22)14-9-7-6-8-10-14/h6-13H,4-5H2,1-3H3,(H,21,22)/t13-/m0/s1. The summed E-state index contributed by atoms with van der Waals surface area (Å²) in [6.07, 6.45) is 0. The molecule has 0 aliphatic heterocycles. The van der Waals surface area contributed by atoms with Crippen molar-refractivity contribution in [3.63, 3.8) is 0 Å². The van der Waals surface area contributed by atoms with E-state index in [1.54, 1.807) is 12.1 Å². The lowest BCUT2D eigenvalue weighted by Gasteiger charge is -2.19. The monoisotopic (exact) mass is 391 g/mol. The Morgan fingerprint density at radius 2 is 1.67 bits per heavy atom. The average Bonchev–Trinajstić information content (AvgIpc) is 2.58. The molecule has 0 radical (unpaired) electrons. The molecule has 0 saturated heterocycles. The van der Waals surface area contributed by atoms with Gasteiger partial charge >= 0.3 is 0 Å². The van der Waals surface area contributed by atoms with E-state index in [2.05, 4.69) is 21.2 Å². The molecule has 0 saturated carbocycles. The molecule has 2 rings (SSSR count). The van der Waals surface area contributed by atoms with Crippen LogP contribution >= 0.6 is 15.9 Å². The van der Waals surface area contributed by atoms with E-state index in [0.717, 1.165) is 10.0 Å². The second kappa shape index (κ2) is 8.73. The lowest BCUT2D eigenvalue weighted by atomic mass is 10.1. The van der Waals surface area contributed by atoms with Gasteiger partial charge in [0.15, 0.2) is 11.5 Å².